The lowest BCUT2D eigenvalue weighted by Gasteiger charge is -2.10. The van der Waals surface area contributed by atoms with Crippen molar-refractivity contribution >= 4 is 33.0 Å². The molecule has 86 valence electrons. The van der Waals surface area contributed by atoms with Gasteiger partial charge in [0.15, 0.2) is 0 Å². The van der Waals surface area contributed by atoms with Gasteiger partial charge in [0, 0.05) is 17.0 Å². The highest BCUT2D eigenvalue weighted by Crippen LogP contribution is 2.19. The second-order valence-corrected chi connectivity index (χ2v) is 6.67. The van der Waals surface area contributed by atoms with Crippen molar-refractivity contribution in [3.05, 3.63) is 16.1 Å². The van der Waals surface area contributed by atoms with Crippen molar-refractivity contribution in [2.24, 2.45) is 0 Å². The predicted octanol–water partition coefficient (Wildman–Crippen LogP) is 1.67. The molecule has 1 rings (SSSR count). The van der Waals surface area contributed by atoms with Crippen LogP contribution in [0.5, 0.6) is 0 Å². The van der Waals surface area contributed by atoms with Crippen LogP contribution in [0.25, 0.3) is 0 Å². The van der Waals surface area contributed by atoms with Gasteiger partial charge >= 0.3 is 0 Å². The topological polar surface area (TPSA) is 59.1 Å². The summed E-state index contributed by atoms with van der Waals surface area (Å²) in [7, 11) is -3.29. The van der Waals surface area contributed by atoms with Crippen molar-refractivity contribution in [3.63, 3.8) is 0 Å². The highest BCUT2D eigenvalue weighted by atomic mass is 35.5. The Morgan fingerprint density at radius 3 is 2.80 bits per heavy atom. The Hall–Kier alpha value is -0.170. The molecule has 4 nitrogen and oxygen atoms in total. The summed E-state index contributed by atoms with van der Waals surface area (Å²) in [5, 5.41) is 0.769. The third-order valence-corrected chi connectivity index (χ3v) is 4.67. The second-order valence-electron chi connectivity index (χ2n) is 3.16. The molecule has 1 N–H and O–H groups in total. The zero-order valence-corrected chi connectivity index (χ0v) is 10.9. The summed E-state index contributed by atoms with van der Waals surface area (Å²) in [6, 6.07) is -0.295. The fourth-order valence-corrected chi connectivity index (χ4v) is 3.48. The van der Waals surface area contributed by atoms with E-state index in [0.29, 0.717) is 0 Å². The Morgan fingerprint density at radius 2 is 2.33 bits per heavy atom. The normalized spacial score (nSPS) is 14.1. The molecule has 1 aromatic rings. The third kappa shape index (κ3) is 4.06. The lowest BCUT2D eigenvalue weighted by atomic mass is 10.4. The number of halogens is 1. The molecule has 0 aliphatic rings. The van der Waals surface area contributed by atoms with Crippen LogP contribution < -0.4 is 4.72 Å². The van der Waals surface area contributed by atoms with Crippen molar-refractivity contribution in [1.82, 2.24) is 9.71 Å². The Bertz CT molecular complexity index is 416. The molecule has 0 aromatic carbocycles. The van der Waals surface area contributed by atoms with E-state index >= 15 is 0 Å². The number of aromatic nitrogens is 1. The molecule has 0 saturated carbocycles. The van der Waals surface area contributed by atoms with Gasteiger partial charge in [-0.05, 0) is 13.8 Å². The molecule has 0 saturated heterocycles. The Balaban J connectivity index is 2.67. The fourth-order valence-electron chi connectivity index (χ4n) is 1.05. The molecule has 0 aliphatic heterocycles. The van der Waals surface area contributed by atoms with Crippen LogP contribution in [0.4, 0.5) is 0 Å². The van der Waals surface area contributed by atoms with Crippen molar-refractivity contribution in [2.45, 2.75) is 19.9 Å². The monoisotopic (exact) mass is 268 g/mol. The van der Waals surface area contributed by atoms with Crippen molar-refractivity contribution in [1.29, 1.82) is 0 Å². The van der Waals surface area contributed by atoms with Crippen molar-refractivity contribution in [2.75, 3.05) is 11.6 Å². The minimum atomic E-state index is -3.29. The van der Waals surface area contributed by atoms with Crippen LogP contribution in [-0.4, -0.2) is 25.0 Å². The Kier molecular flexibility index (Phi) is 4.51. The predicted molar refractivity (Wildman–Crippen MR) is 62.9 cm³/mol. The maximum Gasteiger partial charge on any atom is 0.213 e. The van der Waals surface area contributed by atoms with E-state index < -0.39 is 10.0 Å². The summed E-state index contributed by atoms with van der Waals surface area (Å²) in [5.41, 5.74) is 0. The number of alkyl halides is 1. The van der Waals surface area contributed by atoms with Gasteiger partial charge in [-0.3, -0.25) is 0 Å². The summed E-state index contributed by atoms with van der Waals surface area (Å²) < 4.78 is 25.3. The lowest BCUT2D eigenvalue weighted by Crippen LogP contribution is -2.29. The number of hydrogen-bond donors (Lipinski definition) is 1. The Labute approximate surface area is 98.7 Å². The second kappa shape index (κ2) is 5.25. The summed E-state index contributed by atoms with van der Waals surface area (Å²) >= 11 is 6.87. The van der Waals surface area contributed by atoms with Gasteiger partial charge in [-0.2, -0.15) is 0 Å². The largest absolute Gasteiger partial charge is 0.248 e. The van der Waals surface area contributed by atoms with Gasteiger partial charge in [0.05, 0.1) is 11.8 Å². The average Bonchev–Trinajstić information content (AvgIpc) is 2.50. The molecule has 0 fully saturated rings. The molecule has 0 amide bonds. The van der Waals surface area contributed by atoms with E-state index in [9.17, 15) is 8.42 Å². The molecule has 0 spiro atoms. The van der Waals surface area contributed by atoms with Crippen molar-refractivity contribution < 1.29 is 8.42 Å². The number of nitrogens with one attached hydrogen (secondary N) is 1. The quantitative estimate of drug-likeness (QED) is 0.827. The third-order valence-electron chi connectivity index (χ3n) is 1.71. The van der Waals surface area contributed by atoms with E-state index in [0.717, 1.165) is 9.88 Å². The van der Waals surface area contributed by atoms with Crippen molar-refractivity contribution in [3.8, 4) is 0 Å². The van der Waals surface area contributed by atoms with Gasteiger partial charge in [0.2, 0.25) is 10.0 Å². The first kappa shape index (κ1) is 12.9. The van der Waals surface area contributed by atoms with Crippen LogP contribution in [0.1, 0.15) is 22.9 Å². The van der Waals surface area contributed by atoms with Gasteiger partial charge < -0.3 is 0 Å². The van der Waals surface area contributed by atoms with E-state index in [-0.39, 0.29) is 17.7 Å². The Morgan fingerprint density at radius 1 is 1.67 bits per heavy atom. The number of hydrogen-bond acceptors (Lipinski definition) is 4. The average molecular weight is 269 g/mol. The van der Waals surface area contributed by atoms with E-state index in [1.165, 1.54) is 11.3 Å². The van der Waals surface area contributed by atoms with Crippen LogP contribution in [-0.2, 0) is 10.0 Å². The van der Waals surface area contributed by atoms with Gasteiger partial charge in [-0.25, -0.2) is 18.1 Å². The highest BCUT2D eigenvalue weighted by molar-refractivity contribution is 7.89. The van der Waals surface area contributed by atoms with Gasteiger partial charge in [-0.1, -0.05) is 0 Å². The minimum Gasteiger partial charge on any atom is -0.248 e. The zero-order chi connectivity index (χ0) is 11.5. The number of rotatable bonds is 5. The van der Waals surface area contributed by atoms with E-state index in [1.54, 1.807) is 13.1 Å². The molecule has 0 aliphatic carbocycles. The minimum absolute atomic E-state index is 0.0662. The van der Waals surface area contributed by atoms with E-state index in [4.69, 9.17) is 11.6 Å². The zero-order valence-electron chi connectivity index (χ0n) is 8.53. The summed E-state index contributed by atoms with van der Waals surface area (Å²) in [4.78, 5) is 5.18. The SMILES string of the molecule is Cc1cnc(C(C)NS(=O)(=O)CCCl)s1. The first-order chi connectivity index (χ1) is 6.94. The molecular weight excluding hydrogens is 256 g/mol. The number of sulfonamides is 1. The standard InChI is InChI=1S/C8H13ClN2O2S2/c1-6-5-10-8(14-6)7(2)11-15(12,13)4-3-9/h5,7,11H,3-4H2,1-2H3. The van der Waals surface area contributed by atoms with Gasteiger partial charge in [-0.15, -0.1) is 22.9 Å². The molecule has 0 bridgehead atoms. The van der Waals surface area contributed by atoms with Gasteiger partial charge in [0.25, 0.3) is 0 Å². The maximum atomic E-state index is 11.4. The molecule has 7 heteroatoms. The number of aryl methyl sites for hydroxylation is 1. The molecular formula is C8H13ClN2O2S2. The van der Waals surface area contributed by atoms with Crippen LogP contribution in [0.2, 0.25) is 0 Å². The van der Waals surface area contributed by atoms with Crippen LogP contribution in [0, 0.1) is 6.92 Å². The van der Waals surface area contributed by atoms with E-state index in [2.05, 4.69) is 9.71 Å². The lowest BCUT2D eigenvalue weighted by molar-refractivity contribution is 0.568. The van der Waals surface area contributed by atoms with E-state index in [1.807, 2.05) is 6.92 Å². The summed E-state index contributed by atoms with van der Waals surface area (Å²) in [6.45, 7) is 3.70. The molecule has 1 unspecified atom stereocenters. The molecule has 1 heterocycles. The summed E-state index contributed by atoms with van der Waals surface area (Å²) in [5.74, 6) is 0.0300. The smallest absolute Gasteiger partial charge is 0.213 e. The molecule has 15 heavy (non-hydrogen) atoms. The first-order valence-corrected chi connectivity index (χ1v) is 7.43. The maximum absolute atomic E-state index is 11.4. The fraction of sp³-hybridized carbons (Fsp3) is 0.625. The van der Waals surface area contributed by atoms with Crippen LogP contribution in [0.3, 0.4) is 0 Å². The van der Waals surface area contributed by atoms with Crippen LogP contribution >= 0.6 is 22.9 Å². The van der Waals surface area contributed by atoms with Gasteiger partial charge in [0.1, 0.15) is 5.01 Å². The number of nitrogens with zero attached hydrogens (tertiary/aromatic N) is 1. The first-order valence-electron chi connectivity index (χ1n) is 4.43. The molecule has 1 aromatic heterocycles. The summed E-state index contributed by atoms with van der Waals surface area (Å²) in [6.07, 6.45) is 1.73. The van der Waals surface area contributed by atoms with Crippen LogP contribution in [0.15, 0.2) is 6.20 Å². The highest BCUT2D eigenvalue weighted by Gasteiger charge is 2.17. The molecule has 1 atom stereocenters. The number of thiazole rings is 1. The molecule has 0 radical (unpaired) electrons.